The molecular formula is C22H19FN4O2. The fourth-order valence-electron chi connectivity index (χ4n) is 3.74. The Hall–Kier alpha value is -3.48. The van der Waals surface area contributed by atoms with Crippen molar-refractivity contribution in [3.63, 3.8) is 0 Å². The first-order valence-corrected chi connectivity index (χ1v) is 9.56. The van der Waals surface area contributed by atoms with Crippen molar-refractivity contribution >= 4 is 22.5 Å². The second-order valence-electron chi connectivity index (χ2n) is 7.13. The van der Waals surface area contributed by atoms with Gasteiger partial charge in [-0.15, -0.1) is 0 Å². The molecule has 0 N–H and O–H groups in total. The molecule has 0 aliphatic carbocycles. The molecular weight excluding hydrogens is 371 g/mol. The summed E-state index contributed by atoms with van der Waals surface area (Å²) < 4.78 is 22.2. The molecule has 29 heavy (non-hydrogen) atoms. The van der Waals surface area contributed by atoms with Crippen molar-refractivity contribution in [3.05, 3.63) is 72.7 Å². The molecule has 0 unspecified atom stereocenters. The van der Waals surface area contributed by atoms with Gasteiger partial charge in [0.1, 0.15) is 17.9 Å². The van der Waals surface area contributed by atoms with E-state index < -0.39 is 12.3 Å². The number of alkyl halides is 1. The van der Waals surface area contributed by atoms with Crippen LogP contribution in [0, 0.1) is 0 Å². The number of amides is 1. The molecule has 4 aromatic rings. The number of carbonyl (C=O) groups excluding carboxylic acids is 1. The van der Waals surface area contributed by atoms with Crippen molar-refractivity contribution in [1.82, 2.24) is 19.3 Å². The normalized spacial score (nSPS) is 19.6. The number of halogens is 1. The maximum atomic E-state index is 14.6. The van der Waals surface area contributed by atoms with Crippen LogP contribution in [0.3, 0.4) is 0 Å². The number of aromatic nitrogens is 3. The number of pyridine rings is 2. The molecule has 5 rings (SSSR count). The first-order valence-electron chi connectivity index (χ1n) is 9.56. The number of para-hydroxylation sites is 1. The molecule has 1 aromatic carbocycles. The molecule has 3 aromatic heterocycles. The number of hydrogen-bond donors (Lipinski definition) is 0. The lowest BCUT2D eigenvalue weighted by Gasteiger charge is -2.34. The maximum Gasteiger partial charge on any atom is 0.257 e. The van der Waals surface area contributed by atoms with Gasteiger partial charge >= 0.3 is 0 Å². The van der Waals surface area contributed by atoms with Gasteiger partial charge < -0.3 is 14.0 Å². The minimum absolute atomic E-state index is 0.163. The lowest BCUT2D eigenvalue weighted by Crippen LogP contribution is -2.50. The Morgan fingerprint density at radius 2 is 2.00 bits per heavy atom. The lowest BCUT2D eigenvalue weighted by molar-refractivity contribution is 0.0167. The highest BCUT2D eigenvalue weighted by atomic mass is 19.1. The molecule has 7 heteroatoms. The van der Waals surface area contributed by atoms with E-state index in [1.54, 1.807) is 39.9 Å². The van der Waals surface area contributed by atoms with Gasteiger partial charge in [0.15, 0.2) is 0 Å². The number of likely N-dealkylation sites (tertiary alicyclic amines) is 1. The molecule has 0 saturated carbocycles. The maximum absolute atomic E-state index is 14.6. The summed E-state index contributed by atoms with van der Waals surface area (Å²) in [6.07, 6.45) is 3.58. The van der Waals surface area contributed by atoms with Gasteiger partial charge in [-0.05, 0) is 30.7 Å². The number of imidazole rings is 1. The van der Waals surface area contributed by atoms with E-state index in [1.807, 2.05) is 36.5 Å². The highest BCUT2D eigenvalue weighted by molar-refractivity contribution is 5.99. The van der Waals surface area contributed by atoms with Crippen molar-refractivity contribution < 1.29 is 13.9 Å². The number of fused-ring (bicyclic) bond motifs is 2. The van der Waals surface area contributed by atoms with E-state index in [1.165, 1.54) is 0 Å². The number of piperidine rings is 1. The summed E-state index contributed by atoms with van der Waals surface area (Å²) >= 11 is 0. The van der Waals surface area contributed by atoms with Crippen molar-refractivity contribution in [2.75, 3.05) is 13.1 Å². The van der Waals surface area contributed by atoms with Gasteiger partial charge in [-0.3, -0.25) is 4.79 Å². The zero-order valence-corrected chi connectivity index (χ0v) is 15.6. The van der Waals surface area contributed by atoms with E-state index in [2.05, 4.69) is 9.97 Å². The van der Waals surface area contributed by atoms with Crippen molar-refractivity contribution in [3.8, 4) is 5.88 Å². The van der Waals surface area contributed by atoms with Crippen LogP contribution in [0.15, 0.2) is 67.1 Å². The average molecular weight is 390 g/mol. The molecule has 0 radical (unpaired) electrons. The predicted octanol–water partition coefficient (Wildman–Crippen LogP) is 3.51. The number of nitrogens with zero attached hydrogens (tertiary/aromatic N) is 4. The summed E-state index contributed by atoms with van der Waals surface area (Å²) in [6, 6.07) is 14.9. The summed E-state index contributed by atoms with van der Waals surface area (Å²) in [7, 11) is 0. The molecule has 0 spiro atoms. The van der Waals surface area contributed by atoms with Gasteiger partial charge in [0.2, 0.25) is 5.88 Å². The fraction of sp³-hybridized carbons (Fsp3) is 0.227. The molecule has 1 amide bonds. The highest BCUT2D eigenvalue weighted by Crippen LogP contribution is 2.24. The zero-order valence-electron chi connectivity index (χ0n) is 15.6. The number of hydrogen-bond acceptors (Lipinski definition) is 4. The second kappa shape index (κ2) is 7.16. The number of carbonyl (C=O) groups is 1. The van der Waals surface area contributed by atoms with Gasteiger partial charge in [-0.2, -0.15) is 0 Å². The molecule has 1 saturated heterocycles. The summed E-state index contributed by atoms with van der Waals surface area (Å²) in [5.41, 5.74) is 1.88. The largest absolute Gasteiger partial charge is 0.469 e. The quantitative estimate of drug-likeness (QED) is 0.537. The van der Waals surface area contributed by atoms with Crippen LogP contribution in [0.5, 0.6) is 5.88 Å². The van der Waals surface area contributed by atoms with Crippen molar-refractivity contribution in [2.45, 2.75) is 18.7 Å². The molecule has 4 heterocycles. The average Bonchev–Trinajstić information content (AvgIpc) is 3.24. The first kappa shape index (κ1) is 17.6. The van der Waals surface area contributed by atoms with Crippen LogP contribution in [0.4, 0.5) is 4.39 Å². The highest BCUT2D eigenvalue weighted by Gasteiger charge is 2.34. The van der Waals surface area contributed by atoms with E-state index >= 15 is 0 Å². The minimum atomic E-state index is -1.16. The Balaban J connectivity index is 1.37. The topological polar surface area (TPSA) is 59.7 Å². The van der Waals surface area contributed by atoms with E-state index in [0.29, 0.717) is 23.6 Å². The number of ether oxygens (including phenoxy) is 1. The van der Waals surface area contributed by atoms with Crippen LogP contribution in [-0.2, 0) is 0 Å². The number of benzene rings is 1. The summed E-state index contributed by atoms with van der Waals surface area (Å²) in [4.78, 5) is 23.4. The van der Waals surface area contributed by atoms with E-state index in [4.69, 9.17) is 4.74 Å². The van der Waals surface area contributed by atoms with Crippen molar-refractivity contribution in [1.29, 1.82) is 0 Å². The predicted molar refractivity (Wildman–Crippen MR) is 107 cm³/mol. The van der Waals surface area contributed by atoms with Gasteiger partial charge in [0.05, 0.1) is 17.6 Å². The molecule has 1 aliphatic heterocycles. The van der Waals surface area contributed by atoms with Gasteiger partial charge in [0, 0.05) is 36.6 Å². The lowest BCUT2D eigenvalue weighted by atomic mass is 10.0. The Morgan fingerprint density at radius 1 is 1.10 bits per heavy atom. The van der Waals surface area contributed by atoms with Crippen molar-refractivity contribution in [2.24, 2.45) is 0 Å². The first-order chi connectivity index (χ1) is 14.2. The number of rotatable bonds is 3. The second-order valence-corrected chi connectivity index (χ2v) is 7.13. The van der Waals surface area contributed by atoms with Gasteiger partial charge in [-0.1, -0.05) is 18.2 Å². The van der Waals surface area contributed by atoms with E-state index in [0.717, 1.165) is 10.9 Å². The molecule has 1 aliphatic rings. The fourth-order valence-corrected chi connectivity index (χ4v) is 3.74. The van der Waals surface area contributed by atoms with Gasteiger partial charge in [-0.25, -0.2) is 14.4 Å². The Bertz CT molecular complexity index is 1190. The summed E-state index contributed by atoms with van der Waals surface area (Å²) in [6.45, 7) is 0.503. The third-order valence-electron chi connectivity index (χ3n) is 5.26. The molecule has 0 bridgehead atoms. The van der Waals surface area contributed by atoms with Crippen LogP contribution in [-0.4, -0.2) is 50.5 Å². The van der Waals surface area contributed by atoms with Crippen LogP contribution in [0.25, 0.3) is 16.6 Å². The summed E-state index contributed by atoms with van der Waals surface area (Å²) in [5.74, 6) is 0.190. The zero-order chi connectivity index (χ0) is 19.8. The van der Waals surface area contributed by atoms with Crippen LogP contribution in [0.1, 0.15) is 16.8 Å². The minimum Gasteiger partial charge on any atom is -0.469 e. The van der Waals surface area contributed by atoms with Crippen LogP contribution in [0.2, 0.25) is 0 Å². The molecule has 2 atom stereocenters. The Labute approximate surface area is 166 Å². The van der Waals surface area contributed by atoms with Crippen LogP contribution < -0.4 is 4.74 Å². The molecule has 146 valence electrons. The van der Waals surface area contributed by atoms with E-state index in [-0.39, 0.29) is 18.9 Å². The smallest absolute Gasteiger partial charge is 0.257 e. The molecule has 1 fully saturated rings. The van der Waals surface area contributed by atoms with Gasteiger partial charge in [0.25, 0.3) is 5.91 Å². The SMILES string of the molecule is O=C(c1cccn2ccnc12)N1CC[C@@H](F)[C@@H](Oc2ccc3ccccc3n2)C1. The third kappa shape index (κ3) is 3.29. The monoisotopic (exact) mass is 390 g/mol. The Kier molecular flexibility index (Phi) is 4.35. The third-order valence-corrected chi connectivity index (χ3v) is 5.26. The molecule has 6 nitrogen and oxygen atoms in total. The Morgan fingerprint density at radius 3 is 2.93 bits per heavy atom. The standard InChI is InChI=1S/C22H19FN4O2/c23-17-9-12-27(22(28)16-5-3-11-26-13-10-24-21(16)26)14-19(17)29-20-8-7-15-4-1-2-6-18(15)25-20/h1-8,10-11,13,17,19H,9,12,14H2/t17-,19+/m1/s1. The van der Waals surface area contributed by atoms with E-state index in [9.17, 15) is 9.18 Å². The van der Waals surface area contributed by atoms with Crippen LogP contribution >= 0.6 is 0 Å². The summed E-state index contributed by atoms with van der Waals surface area (Å²) in [5, 5.41) is 0.991.